The van der Waals surface area contributed by atoms with Gasteiger partial charge in [0.15, 0.2) is 5.84 Å². The van der Waals surface area contributed by atoms with E-state index < -0.39 is 5.91 Å². The fourth-order valence-electron chi connectivity index (χ4n) is 3.74. The lowest BCUT2D eigenvalue weighted by atomic mass is 10.1. The molecule has 2 aliphatic rings. The van der Waals surface area contributed by atoms with Crippen molar-refractivity contribution >= 4 is 39.8 Å². The number of carbonyl (C=O) groups is 1. The Labute approximate surface area is 189 Å². The molecule has 2 aliphatic heterocycles. The smallest absolute Gasteiger partial charge is 0.283 e. The molecule has 4 heterocycles. The van der Waals surface area contributed by atoms with Crippen LogP contribution in [0.4, 0.5) is 0 Å². The van der Waals surface area contributed by atoms with Crippen molar-refractivity contribution in [1.29, 1.82) is 5.41 Å². The molecule has 0 unspecified atom stereocenters. The SMILES string of the molecule is Cc1cc(/C=C2\C(=N)N3N=C(c4cccnc4)SC3=NC2=O)c(C)n1Cc1ccccc1. The number of aryl methyl sites for hydroxylation is 1. The van der Waals surface area contributed by atoms with Crippen LogP contribution in [-0.4, -0.2) is 36.5 Å². The highest BCUT2D eigenvalue weighted by atomic mass is 32.2. The van der Waals surface area contributed by atoms with Crippen molar-refractivity contribution in [3.8, 4) is 0 Å². The Bertz CT molecular complexity index is 1320. The molecule has 7 nitrogen and oxygen atoms in total. The number of amides is 1. The fourth-order valence-corrected chi connectivity index (χ4v) is 4.62. The molecule has 1 N–H and O–H groups in total. The molecule has 0 spiro atoms. The number of aromatic nitrogens is 2. The number of amidine groups is 2. The zero-order chi connectivity index (χ0) is 22.2. The van der Waals surface area contributed by atoms with Crippen molar-refractivity contribution in [2.75, 3.05) is 0 Å². The molecule has 0 aliphatic carbocycles. The van der Waals surface area contributed by atoms with E-state index in [0.717, 1.165) is 29.1 Å². The summed E-state index contributed by atoms with van der Waals surface area (Å²) in [5, 5.41) is 15.6. The van der Waals surface area contributed by atoms with E-state index in [1.165, 1.54) is 22.3 Å². The number of hydrazone groups is 1. The van der Waals surface area contributed by atoms with Crippen molar-refractivity contribution in [2.45, 2.75) is 20.4 Å². The number of rotatable bonds is 4. The minimum atomic E-state index is -0.427. The van der Waals surface area contributed by atoms with E-state index in [-0.39, 0.29) is 11.4 Å². The summed E-state index contributed by atoms with van der Waals surface area (Å²) in [6.07, 6.45) is 5.14. The second-order valence-corrected chi connectivity index (χ2v) is 8.52. The Morgan fingerprint density at radius 1 is 1.12 bits per heavy atom. The van der Waals surface area contributed by atoms with E-state index in [1.54, 1.807) is 18.5 Å². The molecule has 0 radical (unpaired) electrons. The summed E-state index contributed by atoms with van der Waals surface area (Å²) in [6.45, 7) is 4.82. The lowest BCUT2D eigenvalue weighted by molar-refractivity contribution is -0.114. The Morgan fingerprint density at radius 3 is 2.69 bits per heavy atom. The summed E-state index contributed by atoms with van der Waals surface area (Å²) in [5.41, 5.74) is 5.27. The van der Waals surface area contributed by atoms with Gasteiger partial charge in [0, 0.05) is 35.9 Å². The quantitative estimate of drug-likeness (QED) is 0.616. The predicted molar refractivity (Wildman–Crippen MR) is 128 cm³/mol. The third-order valence-corrected chi connectivity index (χ3v) is 6.42. The van der Waals surface area contributed by atoms with Gasteiger partial charge in [-0.1, -0.05) is 30.3 Å². The molecule has 0 bridgehead atoms. The maximum Gasteiger partial charge on any atom is 0.283 e. The molecule has 1 aromatic carbocycles. The van der Waals surface area contributed by atoms with Gasteiger partial charge >= 0.3 is 0 Å². The highest BCUT2D eigenvalue weighted by Gasteiger charge is 2.36. The second-order valence-electron chi connectivity index (χ2n) is 7.57. The van der Waals surface area contributed by atoms with Gasteiger partial charge < -0.3 is 4.57 Å². The topological polar surface area (TPSA) is 86.7 Å². The number of nitrogens with one attached hydrogen (secondary N) is 1. The number of carbonyl (C=O) groups excluding carboxylic acids is 1. The van der Waals surface area contributed by atoms with Crippen LogP contribution in [0.25, 0.3) is 6.08 Å². The Morgan fingerprint density at radius 2 is 1.94 bits per heavy atom. The van der Waals surface area contributed by atoms with Gasteiger partial charge in [-0.15, -0.1) is 0 Å². The van der Waals surface area contributed by atoms with Crippen LogP contribution in [0.1, 0.15) is 28.1 Å². The third-order valence-electron chi connectivity index (χ3n) is 5.46. The summed E-state index contributed by atoms with van der Waals surface area (Å²) in [5.74, 6) is -0.400. The van der Waals surface area contributed by atoms with Crippen LogP contribution >= 0.6 is 11.8 Å². The second kappa shape index (κ2) is 8.05. The van der Waals surface area contributed by atoms with Crippen LogP contribution < -0.4 is 0 Å². The standard InChI is InChI=1S/C24H20N6OS/c1-15-11-19(16(2)29(15)14-17-7-4-3-5-8-17)12-20-21(25)30-24(27-22(20)31)32-23(28-30)18-9-6-10-26-13-18/h3-13,25H,14H2,1-2H3/b20-12+,25-21?. The van der Waals surface area contributed by atoms with Gasteiger partial charge in [-0.2, -0.15) is 15.1 Å². The van der Waals surface area contributed by atoms with Gasteiger partial charge in [-0.3, -0.25) is 15.2 Å². The van der Waals surface area contributed by atoms with Gasteiger partial charge in [-0.25, -0.2) is 0 Å². The highest BCUT2D eigenvalue weighted by molar-refractivity contribution is 8.27. The van der Waals surface area contributed by atoms with Crippen LogP contribution in [-0.2, 0) is 11.3 Å². The lowest BCUT2D eigenvalue weighted by Crippen LogP contribution is -2.35. The van der Waals surface area contributed by atoms with Crippen LogP contribution in [0.2, 0.25) is 0 Å². The summed E-state index contributed by atoms with van der Waals surface area (Å²) in [7, 11) is 0. The number of aliphatic imine (C=N–C) groups is 1. The molecule has 158 valence electrons. The summed E-state index contributed by atoms with van der Waals surface area (Å²) >= 11 is 1.27. The summed E-state index contributed by atoms with van der Waals surface area (Å²) in [6, 6.07) is 16.0. The van der Waals surface area contributed by atoms with E-state index in [1.807, 2.05) is 50.2 Å². The summed E-state index contributed by atoms with van der Waals surface area (Å²) in [4.78, 5) is 21.1. The number of hydrogen-bond acceptors (Lipinski definition) is 5. The summed E-state index contributed by atoms with van der Waals surface area (Å²) < 4.78 is 2.21. The number of hydrogen-bond donors (Lipinski definition) is 1. The monoisotopic (exact) mass is 440 g/mol. The van der Waals surface area contributed by atoms with Crippen LogP contribution in [0.5, 0.6) is 0 Å². The minimum absolute atomic E-state index is 0.0271. The van der Waals surface area contributed by atoms with E-state index in [9.17, 15) is 4.79 Å². The van der Waals surface area contributed by atoms with E-state index in [4.69, 9.17) is 5.41 Å². The molecule has 0 saturated carbocycles. The van der Waals surface area contributed by atoms with E-state index >= 15 is 0 Å². The van der Waals surface area contributed by atoms with Crippen LogP contribution in [0, 0.1) is 19.3 Å². The molecule has 5 rings (SSSR count). The van der Waals surface area contributed by atoms with Gasteiger partial charge in [0.1, 0.15) is 5.04 Å². The zero-order valence-corrected chi connectivity index (χ0v) is 18.4. The Balaban J connectivity index is 1.47. The van der Waals surface area contributed by atoms with Crippen molar-refractivity contribution in [2.24, 2.45) is 10.1 Å². The average Bonchev–Trinajstić information content (AvgIpc) is 3.34. The predicted octanol–water partition coefficient (Wildman–Crippen LogP) is 4.22. The molecule has 2 aromatic heterocycles. The van der Waals surface area contributed by atoms with Gasteiger partial charge in [0.25, 0.3) is 5.91 Å². The third kappa shape index (κ3) is 3.58. The zero-order valence-electron chi connectivity index (χ0n) is 17.6. The van der Waals surface area contributed by atoms with Crippen molar-refractivity contribution < 1.29 is 4.79 Å². The number of thioether (sulfide) groups is 1. The van der Waals surface area contributed by atoms with Crippen LogP contribution in [0.15, 0.2) is 76.6 Å². The molecular weight excluding hydrogens is 420 g/mol. The van der Waals surface area contributed by atoms with Gasteiger partial charge in [0.2, 0.25) is 5.17 Å². The van der Waals surface area contributed by atoms with E-state index in [0.29, 0.717) is 10.2 Å². The molecule has 0 saturated heterocycles. The normalized spacial score (nSPS) is 16.9. The number of nitrogens with zero attached hydrogens (tertiary/aromatic N) is 5. The fraction of sp³-hybridized carbons (Fsp3) is 0.125. The van der Waals surface area contributed by atoms with Crippen molar-refractivity contribution in [3.63, 3.8) is 0 Å². The first kappa shape index (κ1) is 20.1. The molecule has 3 aromatic rings. The number of pyridine rings is 1. The van der Waals surface area contributed by atoms with Crippen LogP contribution in [0.3, 0.4) is 0 Å². The first-order chi connectivity index (χ1) is 15.5. The highest BCUT2D eigenvalue weighted by Crippen LogP contribution is 2.31. The molecule has 1 amide bonds. The lowest BCUT2D eigenvalue weighted by Gasteiger charge is -2.20. The van der Waals surface area contributed by atoms with E-state index in [2.05, 4.69) is 31.8 Å². The first-order valence-corrected chi connectivity index (χ1v) is 10.9. The Kier molecular flexibility index (Phi) is 5.07. The minimum Gasteiger partial charge on any atom is -0.344 e. The molecule has 8 heteroatoms. The maximum absolute atomic E-state index is 12.8. The molecule has 32 heavy (non-hydrogen) atoms. The molecule has 0 atom stereocenters. The molecule has 0 fully saturated rings. The number of fused-ring (bicyclic) bond motifs is 1. The Hall–Kier alpha value is -3.78. The van der Waals surface area contributed by atoms with Gasteiger partial charge in [-0.05, 0) is 61.0 Å². The average molecular weight is 441 g/mol. The van der Waals surface area contributed by atoms with Crippen molar-refractivity contribution in [3.05, 3.63) is 94.6 Å². The largest absolute Gasteiger partial charge is 0.344 e. The van der Waals surface area contributed by atoms with Crippen molar-refractivity contribution in [1.82, 2.24) is 14.6 Å². The first-order valence-electron chi connectivity index (χ1n) is 10.1. The molecular formula is C24H20N6OS. The maximum atomic E-state index is 12.8. The van der Waals surface area contributed by atoms with Gasteiger partial charge in [0.05, 0.1) is 5.57 Å². The number of benzene rings is 1.